The maximum Gasteiger partial charge on any atom is 0.0512 e. The van der Waals surface area contributed by atoms with Gasteiger partial charge in [-0.1, -0.05) is 0 Å². The SMILES string of the molecule is NC1([C@@H]2CCOC2)CC1. The van der Waals surface area contributed by atoms with Crippen LogP contribution in [-0.4, -0.2) is 18.8 Å². The van der Waals surface area contributed by atoms with Gasteiger partial charge in [0.05, 0.1) is 6.61 Å². The zero-order valence-electron chi connectivity index (χ0n) is 5.60. The van der Waals surface area contributed by atoms with Crippen LogP contribution in [0.15, 0.2) is 0 Å². The van der Waals surface area contributed by atoms with Gasteiger partial charge in [-0.25, -0.2) is 0 Å². The van der Waals surface area contributed by atoms with E-state index in [0.717, 1.165) is 13.2 Å². The summed E-state index contributed by atoms with van der Waals surface area (Å²) in [7, 11) is 0. The zero-order chi connectivity index (χ0) is 6.32. The summed E-state index contributed by atoms with van der Waals surface area (Å²) in [6.07, 6.45) is 3.64. The van der Waals surface area contributed by atoms with Gasteiger partial charge >= 0.3 is 0 Å². The van der Waals surface area contributed by atoms with Gasteiger partial charge in [0.25, 0.3) is 0 Å². The molecule has 1 atom stereocenters. The van der Waals surface area contributed by atoms with Crippen molar-refractivity contribution in [3.05, 3.63) is 0 Å². The quantitative estimate of drug-likeness (QED) is 0.557. The molecule has 2 aliphatic rings. The Kier molecular flexibility index (Phi) is 1.08. The first kappa shape index (κ1) is 5.69. The number of hydrogen-bond acceptors (Lipinski definition) is 2. The fourth-order valence-electron chi connectivity index (χ4n) is 1.54. The Hall–Kier alpha value is -0.0800. The summed E-state index contributed by atoms with van der Waals surface area (Å²) in [5.41, 5.74) is 6.18. The van der Waals surface area contributed by atoms with Crippen molar-refractivity contribution in [2.24, 2.45) is 11.7 Å². The molecular formula is C7H13NO. The van der Waals surface area contributed by atoms with Crippen molar-refractivity contribution in [3.8, 4) is 0 Å². The monoisotopic (exact) mass is 127 g/mol. The Morgan fingerprint density at radius 3 is 2.67 bits per heavy atom. The maximum absolute atomic E-state index is 5.97. The van der Waals surface area contributed by atoms with E-state index < -0.39 is 0 Å². The summed E-state index contributed by atoms with van der Waals surface area (Å²) >= 11 is 0. The number of hydrogen-bond donors (Lipinski definition) is 1. The van der Waals surface area contributed by atoms with E-state index in [-0.39, 0.29) is 5.54 Å². The first-order chi connectivity index (χ1) is 4.31. The van der Waals surface area contributed by atoms with Gasteiger partial charge in [0, 0.05) is 18.1 Å². The third-order valence-electron chi connectivity index (χ3n) is 2.57. The number of ether oxygens (including phenoxy) is 1. The average molecular weight is 127 g/mol. The molecule has 2 fully saturated rings. The molecule has 1 heterocycles. The van der Waals surface area contributed by atoms with E-state index in [1.54, 1.807) is 0 Å². The van der Waals surface area contributed by atoms with E-state index in [9.17, 15) is 0 Å². The van der Waals surface area contributed by atoms with Crippen molar-refractivity contribution in [2.45, 2.75) is 24.8 Å². The van der Waals surface area contributed by atoms with Crippen LogP contribution in [-0.2, 0) is 4.74 Å². The molecule has 0 radical (unpaired) electrons. The Bertz CT molecular complexity index is 114. The molecule has 52 valence electrons. The molecule has 0 bridgehead atoms. The van der Waals surface area contributed by atoms with Gasteiger partial charge in [-0.2, -0.15) is 0 Å². The molecule has 9 heavy (non-hydrogen) atoms. The fourth-order valence-corrected chi connectivity index (χ4v) is 1.54. The lowest BCUT2D eigenvalue weighted by Gasteiger charge is -2.14. The molecule has 1 aliphatic heterocycles. The Balaban J connectivity index is 1.97. The lowest BCUT2D eigenvalue weighted by molar-refractivity contribution is 0.178. The Morgan fingerprint density at radius 2 is 2.22 bits per heavy atom. The van der Waals surface area contributed by atoms with E-state index in [1.807, 2.05) is 0 Å². The summed E-state index contributed by atoms with van der Waals surface area (Å²) in [4.78, 5) is 0. The molecular weight excluding hydrogens is 114 g/mol. The molecule has 1 aliphatic carbocycles. The van der Waals surface area contributed by atoms with Crippen molar-refractivity contribution in [1.29, 1.82) is 0 Å². The third kappa shape index (κ3) is 0.864. The van der Waals surface area contributed by atoms with E-state index in [0.29, 0.717) is 5.92 Å². The molecule has 1 saturated heterocycles. The van der Waals surface area contributed by atoms with Gasteiger partial charge in [-0.15, -0.1) is 0 Å². The van der Waals surface area contributed by atoms with Crippen LogP contribution in [0.5, 0.6) is 0 Å². The normalized spacial score (nSPS) is 39.0. The van der Waals surface area contributed by atoms with Crippen LogP contribution in [0.1, 0.15) is 19.3 Å². The average Bonchev–Trinajstić information content (AvgIpc) is 2.46. The summed E-state index contributed by atoms with van der Waals surface area (Å²) in [5.74, 6) is 0.678. The molecule has 0 unspecified atom stereocenters. The second-order valence-corrected chi connectivity index (χ2v) is 3.29. The fraction of sp³-hybridized carbons (Fsp3) is 1.00. The van der Waals surface area contributed by atoms with Crippen LogP contribution in [0.3, 0.4) is 0 Å². The van der Waals surface area contributed by atoms with Crippen molar-refractivity contribution in [1.82, 2.24) is 0 Å². The van der Waals surface area contributed by atoms with Crippen molar-refractivity contribution in [2.75, 3.05) is 13.2 Å². The summed E-state index contributed by atoms with van der Waals surface area (Å²) in [5, 5.41) is 0. The van der Waals surface area contributed by atoms with Gasteiger partial charge < -0.3 is 10.5 Å². The second kappa shape index (κ2) is 1.70. The smallest absolute Gasteiger partial charge is 0.0512 e. The molecule has 1 saturated carbocycles. The number of nitrogens with two attached hydrogens (primary N) is 1. The van der Waals surface area contributed by atoms with Crippen molar-refractivity contribution < 1.29 is 4.74 Å². The molecule has 2 N–H and O–H groups in total. The Morgan fingerprint density at radius 1 is 1.44 bits per heavy atom. The summed E-state index contributed by atoms with van der Waals surface area (Å²) in [6.45, 7) is 1.85. The minimum atomic E-state index is 0.205. The second-order valence-electron chi connectivity index (χ2n) is 3.29. The third-order valence-corrected chi connectivity index (χ3v) is 2.57. The highest BCUT2D eigenvalue weighted by atomic mass is 16.5. The number of rotatable bonds is 1. The molecule has 0 amide bonds. The highest BCUT2D eigenvalue weighted by Gasteiger charge is 2.46. The molecule has 2 rings (SSSR count). The van der Waals surface area contributed by atoms with Gasteiger partial charge in [0.2, 0.25) is 0 Å². The van der Waals surface area contributed by atoms with Crippen LogP contribution in [0.25, 0.3) is 0 Å². The zero-order valence-corrected chi connectivity index (χ0v) is 5.60. The van der Waals surface area contributed by atoms with Crippen LogP contribution >= 0.6 is 0 Å². The van der Waals surface area contributed by atoms with Crippen molar-refractivity contribution in [3.63, 3.8) is 0 Å². The van der Waals surface area contributed by atoms with Gasteiger partial charge in [0.1, 0.15) is 0 Å². The summed E-state index contributed by atoms with van der Waals surface area (Å²) in [6, 6.07) is 0. The lowest BCUT2D eigenvalue weighted by atomic mass is 9.98. The van der Waals surface area contributed by atoms with Gasteiger partial charge in [-0.05, 0) is 19.3 Å². The topological polar surface area (TPSA) is 35.2 Å². The van der Waals surface area contributed by atoms with Gasteiger partial charge in [-0.3, -0.25) is 0 Å². The Labute approximate surface area is 55.4 Å². The highest BCUT2D eigenvalue weighted by Crippen LogP contribution is 2.42. The van der Waals surface area contributed by atoms with E-state index in [1.165, 1.54) is 19.3 Å². The lowest BCUT2D eigenvalue weighted by Crippen LogP contribution is -2.32. The molecule has 0 aromatic heterocycles. The molecule has 0 aromatic rings. The molecule has 2 nitrogen and oxygen atoms in total. The molecule has 0 aromatic carbocycles. The van der Waals surface area contributed by atoms with Crippen LogP contribution in [0, 0.1) is 5.92 Å². The summed E-state index contributed by atoms with van der Waals surface area (Å²) < 4.78 is 5.24. The predicted molar refractivity (Wildman–Crippen MR) is 35.1 cm³/mol. The first-order valence-corrected chi connectivity index (χ1v) is 3.68. The first-order valence-electron chi connectivity index (χ1n) is 3.68. The van der Waals surface area contributed by atoms with Crippen LogP contribution in [0.4, 0.5) is 0 Å². The maximum atomic E-state index is 5.97. The van der Waals surface area contributed by atoms with Gasteiger partial charge in [0.15, 0.2) is 0 Å². The van der Waals surface area contributed by atoms with Crippen LogP contribution < -0.4 is 5.73 Å². The van der Waals surface area contributed by atoms with Crippen LogP contribution in [0.2, 0.25) is 0 Å². The van der Waals surface area contributed by atoms with E-state index in [4.69, 9.17) is 10.5 Å². The van der Waals surface area contributed by atoms with E-state index >= 15 is 0 Å². The predicted octanol–water partition coefficient (Wildman–Crippen LogP) is 0.514. The standard InChI is InChI=1S/C7H13NO/c8-7(2-3-7)6-1-4-9-5-6/h6H,1-5,8H2/t6-/m1/s1. The largest absolute Gasteiger partial charge is 0.381 e. The minimum Gasteiger partial charge on any atom is -0.381 e. The van der Waals surface area contributed by atoms with Crippen molar-refractivity contribution >= 4 is 0 Å². The highest BCUT2D eigenvalue weighted by molar-refractivity contribution is 5.04. The molecule has 0 spiro atoms. The van der Waals surface area contributed by atoms with E-state index in [2.05, 4.69) is 0 Å². The minimum absolute atomic E-state index is 0.205. The molecule has 2 heteroatoms.